The lowest BCUT2D eigenvalue weighted by molar-refractivity contribution is 0.261. The van der Waals surface area contributed by atoms with Crippen LogP contribution in [0.25, 0.3) is 0 Å². The van der Waals surface area contributed by atoms with Gasteiger partial charge in [-0.2, -0.15) is 0 Å². The van der Waals surface area contributed by atoms with Crippen LogP contribution in [0, 0.1) is 23.7 Å². The van der Waals surface area contributed by atoms with Crippen LogP contribution in [0.15, 0.2) is 0 Å². The monoisotopic (exact) mass is 410 g/mol. The Labute approximate surface area is 163 Å². The molecule has 0 fully saturated rings. The summed E-state index contributed by atoms with van der Waals surface area (Å²) in [6.07, 6.45) is 4.20. The fourth-order valence-corrected chi connectivity index (χ4v) is 9.35. The highest BCUT2D eigenvalue weighted by atomic mass is 31.2. The summed E-state index contributed by atoms with van der Waals surface area (Å²) < 4.78 is 37.6. The molecule has 0 heterocycles. The Morgan fingerprint density at radius 1 is 0.538 bits per heavy atom. The van der Waals surface area contributed by atoms with Crippen LogP contribution < -0.4 is 0 Å². The molecule has 0 N–H and O–H groups in total. The second-order valence-corrected chi connectivity index (χ2v) is 14.5. The van der Waals surface area contributed by atoms with E-state index in [0.29, 0.717) is 61.5 Å². The van der Waals surface area contributed by atoms with Crippen molar-refractivity contribution in [2.75, 3.05) is 37.9 Å². The Bertz CT molecular complexity index is 389. The van der Waals surface area contributed by atoms with Crippen molar-refractivity contribution in [3.63, 3.8) is 0 Å². The largest absolute Gasteiger partial charge is 0.328 e. The van der Waals surface area contributed by atoms with Gasteiger partial charge < -0.3 is 9.05 Å². The third-order valence-electron chi connectivity index (χ3n) is 3.77. The van der Waals surface area contributed by atoms with Crippen LogP contribution in [-0.4, -0.2) is 37.9 Å². The van der Waals surface area contributed by atoms with E-state index in [9.17, 15) is 9.13 Å². The molecule has 0 aliphatic rings. The molecule has 26 heavy (non-hydrogen) atoms. The Hall–Kier alpha value is 0.380. The molecular weight excluding hydrogens is 366 g/mol. The van der Waals surface area contributed by atoms with Gasteiger partial charge in [-0.3, -0.25) is 9.13 Å². The van der Waals surface area contributed by atoms with Gasteiger partial charge >= 0.3 is 0 Å². The van der Waals surface area contributed by atoms with E-state index in [0.717, 1.165) is 12.8 Å². The molecule has 0 aromatic heterocycles. The zero-order chi connectivity index (χ0) is 20.4. The van der Waals surface area contributed by atoms with Crippen LogP contribution in [0.1, 0.15) is 68.2 Å². The van der Waals surface area contributed by atoms with E-state index >= 15 is 0 Å². The molecule has 0 spiro atoms. The van der Waals surface area contributed by atoms with Crippen molar-refractivity contribution in [3.8, 4) is 0 Å². The van der Waals surface area contributed by atoms with Gasteiger partial charge in [0.1, 0.15) is 0 Å². The predicted molar refractivity (Wildman–Crippen MR) is 115 cm³/mol. The maximum atomic E-state index is 13.0. The molecule has 0 radical (unpaired) electrons. The van der Waals surface area contributed by atoms with Crippen LogP contribution in [0.3, 0.4) is 0 Å². The van der Waals surface area contributed by atoms with Crippen molar-refractivity contribution in [2.24, 2.45) is 23.7 Å². The average Bonchev–Trinajstić information content (AvgIpc) is 2.38. The van der Waals surface area contributed by atoms with Crippen LogP contribution in [-0.2, 0) is 18.2 Å². The molecule has 0 bridgehead atoms. The van der Waals surface area contributed by atoms with Gasteiger partial charge in [0.05, 0.1) is 13.2 Å². The van der Waals surface area contributed by atoms with Gasteiger partial charge in [0, 0.05) is 24.6 Å². The third-order valence-corrected chi connectivity index (χ3v) is 10.2. The standard InChI is InChI=1S/C20H44O4P2/c1-17(2)13-25(21,14-18(3)4)23-11-9-10-12-24-26(22,15-19(5)6)16-20(7)8/h17-20H,9-16H2,1-8H3. The number of hydrogen-bond acceptors (Lipinski definition) is 4. The highest BCUT2D eigenvalue weighted by Crippen LogP contribution is 2.51. The van der Waals surface area contributed by atoms with Crippen molar-refractivity contribution in [1.82, 2.24) is 0 Å². The first-order valence-electron chi connectivity index (χ1n) is 10.3. The van der Waals surface area contributed by atoms with Crippen molar-refractivity contribution in [1.29, 1.82) is 0 Å². The Kier molecular flexibility index (Phi) is 12.9. The van der Waals surface area contributed by atoms with E-state index in [1.54, 1.807) is 0 Å². The van der Waals surface area contributed by atoms with Crippen LogP contribution in [0.2, 0.25) is 0 Å². The maximum absolute atomic E-state index is 13.0. The molecule has 158 valence electrons. The highest BCUT2D eigenvalue weighted by molar-refractivity contribution is 7.59. The summed E-state index contributed by atoms with van der Waals surface area (Å²) in [5.74, 6) is 1.50. The van der Waals surface area contributed by atoms with Gasteiger partial charge in [-0.05, 0) is 36.5 Å². The first-order valence-corrected chi connectivity index (χ1v) is 14.3. The van der Waals surface area contributed by atoms with Gasteiger partial charge in [-0.1, -0.05) is 55.4 Å². The van der Waals surface area contributed by atoms with E-state index in [1.807, 2.05) is 0 Å². The lowest BCUT2D eigenvalue weighted by Gasteiger charge is -2.23. The zero-order valence-corrected chi connectivity index (χ0v) is 20.3. The predicted octanol–water partition coefficient (Wildman–Crippen LogP) is 6.98. The van der Waals surface area contributed by atoms with E-state index in [4.69, 9.17) is 9.05 Å². The molecule has 0 unspecified atom stereocenters. The quantitative estimate of drug-likeness (QED) is 0.216. The summed E-state index contributed by atoms with van der Waals surface area (Å²) >= 11 is 0. The molecule has 0 atom stereocenters. The minimum Gasteiger partial charge on any atom is -0.328 e. The van der Waals surface area contributed by atoms with E-state index in [-0.39, 0.29) is 0 Å². The average molecular weight is 411 g/mol. The zero-order valence-electron chi connectivity index (χ0n) is 18.5. The second kappa shape index (κ2) is 12.8. The van der Waals surface area contributed by atoms with Gasteiger partial charge in [-0.15, -0.1) is 0 Å². The normalized spacial score (nSPS) is 13.5. The van der Waals surface area contributed by atoms with Crippen molar-refractivity contribution >= 4 is 14.7 Å². The third kappa shape index (κ3) is 13.5. The Balaban J connectivity index is 4.33. The molecule has 0 amide bonds. The number of unbranched alkanes of at least 4 members (excludes halogenated alkanes) is 1. The van der Waals surface area contributed by atoms with Crippen molar-refractivity contribution in [2.45, 2.75) is 68.2 Å². The summed E-state index contributed by atoms with van der Waals surface area (Å²) in [4.78, 5) is 0. The molecule has 4 nitrogen and oxygen atoms in total. The minimum absolute atomic E-state index is 0.376. The molecule has 0 saturated heterocycles. The lowest BCUT2D eigenvalue weighted by atomic mass is 10.3. The van der Waals surface area contributed by atoms with E-state index < -0.39 is 14.7 Å². The summed E-state index contributed by atoms with van der Waals surface area (Å²) in [6, 6.07) is 0. The Morgan fingerprint density at radius 3 is 0.962 bits per heavy atom. The highest BCUT2D eigenvalue weighted by Gasteiger charge is 2.27. The first kappa shape index (κ1) is 26.4. The smallest absolute Gasteiger partial charge is 0.203 e. The Morgan fingerprint density at radius 2 is 0.769 bits per heavy atom. The van der Waals surface area contributed by atoms with Crippen molar-refractivity contribution < 1.29 is 18.2 Å². The molecular formula is C20H44O4P2. The molecule has 0 aliphatic heterocycles. The van der Waals surface area contributed by atoms with Crippen molar-refractivity contribution in [3.05, 3.63) is 0 Å². The summed E-state index contributed by atoms with van der Waals surface area (Å²) in [5, 5.41) is 0. The molecule has 6 heteroatoms. The first-order chi connectivity index (χ1) is 11.9. The number of rotatable bonds is 15. The topological polar surface area (TPSA) is 52.6 Å². The molecule has 0 saturated carbocycles. The van der Waals surface area contributed by atoms with Gasteiger partial charge in [0.15, 0.2) is 0 Å². The molecule has 0 aliphatic carbocycles. The maximum Gasteiger partial charge on any atom is 0.203 e. The van der Waals surface area contributed by atoms with Crippen LogP contribution >= 0.6 is 14.7 Å². The summed E-state index contributed by atoms with van der Waals surface area (Å²) in [5.41, 5.74) is 0. The molecule has 0 aromatic carbocycles. The minimum atomic E-state index is -2.55. The lowest BCUT2D eigenvalue weighted by Crippen LogP contribution is -2.11. The number of hydrogen-bond donors (Lipinski definition) is 0. The van der Waals surface area contributed by atoms with Crippen LogP contribution in [0.5, 0.6) is 0 Å². The molecule has 0 rings (SSSR count). The van der Waals surface area contributed by atoms with Gasteiger partial charge in [-0.25, -0.2) is 0 Å². The summed E-state index contributed by atoms with van der Waals surface area (Å²) in [7, 11) is -5.09. The molecule has 0 aromatic rings. The van der Waals surface area contributed by atoms with Gasteiger partial charge in [0.2, 0.25) is 14.7 Å². The van der Waals surface area contributed by atoms with Crippen LogP contribution in [0.4, 0.5) is 0 Å². The fourth-order valence-electron chi connectivity index (χ4n) is 3.25. The van der Waals surface area contributed by atoms with E-state index in [1.165, 1.54) is 0 Å². The van der Waals surface area contributed by atoms with E-state index in [2.05, 4.69) is 55.4 Å². The second-order valence-electron chi connectivity index (χ2n) is 9.31. The SMILES string of the molecule is CC(C)CP(=O)(CC(C)C)OCCCCOP(=O)(CC(C)C)CC(C)C. The fraction of sp³-hybridized carbons (Fsp3) is 1.00. The van der Waals surface area contributed by atoms with Gasteiger partial charge in [0.25, 0.3) is 0 Å². The summed E-state index contributed by atoms with van der Waals surface area (Å²) in [6.45, 7) is 17.7.